The molecule has 3 heterocycles. The third-order valence-electron chi connectivity index (χ3n) is 5.14. The summed E-state index contributed by atoms with van der Waals surface area (Å²) in [5, 5.41) is 28.7. The quantitative estimate of drug-likeness (QED) is 0.565. The molecule has 0 amide bonds. The third kappa shape index (κ3) is 3.40. The van der Waals surface area contributed by atoms with Gasteiger partial charge in [-0.3, -0.25) is 15.0 Å². The van der Waals surface area contributed by atoms with Crippen LogP contribution in [0.5, 0.6) is 0 Å². The van der Waals surface area contributed by atoms with Crippen molar-refractivity contribution in [1.29, 1.82) is 0 Å². The Morgan fingerprint density at radius 1 is 1.04 bits per heavy atom. The Bertz CT molecular complexity index is 813. The van der Waals surface area contributed by atoms with Gasteiger partial charge in [0.25, 0.3) is 0 Å². The van der Waals surface area contributed by atoms with E-state index in [1.165, 1.54) is 0 Å². The van der Waals surface area contributed by atoms with Crippen LogP contribution in [-0.4, -0.2) is 90.9 Å². The maximum absolute atomic E-state index is 11.8. The van der Waals surface area contributed by atoms with E-state index in [1.54, 1.807) is 0 Å². The summed E-state index contributed by atoms with van der Waals surface area (Å²) in [5.41, 5.74) is 1.84. The molecule has 0 radical (unpaired) electrons. The predicted octanol–water partition coefficient (Wildman–Crippen LogP) is 0.0819. The molecule has 27 heavy (non-hydrogen) atoms. The number of nitro groups is 1. The average Bonchev–Trinajstić information content (AvgIpc) is 3.17. The first-order chi connectivity index (χ1) is 13.2. The molecule has 1 aromatic heterocycles. The zero-order valence-electron chi connectivity index (χ0n) is 14.9. The van der Waals surface area contributed by atoms with Gasteiger partial charge in [-0.1, -0.05) is 0 Å². The second kappa shape index (κ2) is 7.62. The minimum Gasteiger partial charge on any atom is -0.395 e. The SMILES string of the molecule is O=[N+]([O-])c1c(N2CCOCC2)cc(N2CCN(CCO)CC2)c2nonc12. The molecule has 0 spiro atoms. The number of aliphatic hydroxyl groups is 1. The smallest absolute Gasteiger partial charge is 0.323 e. The summed E-state index contributed by atoms with van der Waals surface area (Å²) in [4.78, 5) is 17.6. The molecule has 11 heteroatoms. The summed E-state index contributed by atoms with van der Waals surface area (Å²) in [6.07, 6.45) is 0. The van der Waals surface area contributed by atoms with Crippen molar-refractivity contribution in [2.45, 2.75) is 0 Å². The fraction of sp³-hybridized carbons (Fsp3) is 0.625. The molecule has 0 unspecified atom stereocenters. The van der Waals surface area contributed by atoms with Gasteiger partial charge < -0.3 is 19.6 Å². The lowest BCUT2D eigenvalue weighted by Crippen LogP contribution is -2.47. The Morgan fingerprint density at radius 2 is 1.70 bits per heavy atom. The average molecular weight is 378 g/mol. The van der Waals surface area contributed by atoms with Crippen molar-refractivity contribution >= 4 is 28.1 Å². The Balaban J connectivity index is 1.73. The summed E-state index contributed by atoms with van der Waals surface area (Å²) in [6.45, 7) is 6.09. The van der Waals surface area contributed by atoms with Gasteiger partial charge in [0.05, 0.1) is 30.4 Å². The Kier molecular flexibility index (Phi) is 5.05. The summed E-state index contributed by atoms with van der Waals surface area (Å²) in [7, 11) is 0. The van der Waals surface area contributed by atoms with Crippen molar-refractivity contribution in [3.8, 4) is 0 Å². The van der Waals surface area contributed by atoms with E-state index in [0.717, 1.165) is 31.9 Å². The number of morpholine rings is 1. The fourth-order valence-electron chi connectivity index (χ4n) is 3.72. The van der Waals surface area contributed by atoms with Crippen LogP contribution in [0.3, 0.4) is 0 Å². The van der Waals surface area contributed by atoms with Crippen LogP contribution >= 0.6 is 0 Å². The topological polar surface area (TPSA) is 121 Å². The maximum Gasteiger partial charge on any atom is 0.323 e. The molecule has 2 aromatic rings. The van der Waals surface area contributed by atoms with E-state index in [4.69, 9.17) is 14.5 Å². The molecule has 4 rings (SSSR count). The second-order valence-corrected chi connectivity index (χ2v) is 6.63. The number of hydrogen-bond acceptors (Lipinski definition) is 10. The van der Waals surface area contributed by atoms with Crippen molar-refractivity contribution in [3.05, 3.63) is 16.2 Å². The maximum atomic E-state index is 11.8. The molecule has 0 saturated carbocycles. The van der Waals surface area contributed by atoms with Crippen molar-refractivity contribution in [2.75, 3.05) is 75.4 Å². The van der Waals surface area contributed by atoms with E-state index in [9.17, 15) is 10.1 Å². The van der Waals surface area contributed by atoms with Crippen LogP contribution in [0.25, 0.3) is 11.0 Å². The molecule has 1 aromatic carbocycles. The van der Waals surface area contributed by atoms with Crippen LogP contribution in [0, 0.1) is 10.1 Å². The Morgan fingerprint density at radius 3 is 2.37 bits per heavy atom. The summed E-state index contributed by atoms with van der Waals surface area (Å²) in [5.74, 6) is 0. The predicted molar refractivity (Wildman–Crippen MR) is 97.2 cm³/mol. The van der Waals surface area contributed by atoms with Gasteiger partial charge in [-0.15, -0.1) is 0 Å². The lowest BCUT2D eigenvalue weighted by atomic mass is 10.1. The lowest BCUT2D eigenvalue weighted by Gasteiger charge is -2.36. The minimum atomic E-state index is -0.416. The highest BCUT2D eigenvalue weighted by molar-refractivity contribution is 6.00. The molecule has 2 aliphatic heterocycles. The number of nitro benzene ring substituents is 1. The van der Waals surface area contributed by atoms with Crippen molar-refractivity contribution in [3.63, 3.8) is 0 Å². The van der Waals surface area contributed by atoms with E-state index in [0.29, 0.717) is 44.1 Å². The fourth-order valence-corrected chi connectivity index (χ4v) is 3.72. The third-order valence-corrected chi connectivity index (χ3v) is 5.14. The highest BCUT2D eigenvalue weighted by Crippen LogP contribution is 2.40. The number of anilines is 2. The number of ether oxygens (including phenoxy) is 1. The standard InChI is InChI=1S/C16H22N6O5/c23-8-5-19-1-3-20(4-2-19)12-11-13(21-6-9-26-10-7-21)16(22(24)25)15-14(12)17-27-18-15/h11,23H,1-10H2. The molecule has 11 nitrogen and oxygen atoms in total. The largest absolute Gasteiger partial charge is 0.395 e. The van der Waals surface area contributed by atoms with Crippen LogP contribution < -0.4 is 9.80 Å². The summed E-state index contributed by atoms with van der Waals surface area (Å²) >= 11 is 0. The van der Waals surface area contributed by atoms with E-state index in [2.05, 4.69) is 20.1 Å². The number of β-amino-alcohol motifs (C(OH)–C–C–N with tert-alkyl or cyclic N) is 1. The molecule has 2 aliphatic rings. The summed E-state index contributed by atoms with van der Waals surface area (Å²) in [6, 6.07) is 1.83. The molecule has 0 aliphatic carbocycles. The van der Waals surface area contributed by atoms with Crippen molar-refractivity contribution < 1.29 is 19.4 Å². The number of fused-ring (bicyclic) bond motifs is 1. The first-order valence-electron chi connectivity index (χ1n) is 9.03. The van der Waals surface area contributed by atoms with Gasteiger partial charge in [-0.25, -0.2) is 4.63 Å². The zero-order chi connectivity index (χ0) is 18.8. The lowest BCUT2D eigenvalue weighted by molar-refractivity contribution is -0.382. The number of piperazine rings is 1. The zero-order valence-corrected chi connectivity index (χ0v) is 14.9. The van der Waals surface area contributed by atoms with Gasteiger partial charge in [-0.2, -0.15) is 0 Å². The van der Waals surface area contributed by atoms with Crippen molar-refractivity contribution in [1.82, 2.24) is 15.2 Å². The van der Waals surface area contributed by atoms with Crippen LogP contribution in [0.4, 0.5) is 17.1 Å². The number of benzene rings is 1. The normalized spacial score (nSPS) is 19.0. The van der Waals surface area contributed by atoms with Gasteiger partial charge in [0.2, 0.25) is 5.52 Å². The van der Waals surface area contributed by atoms with Crippen molar-refractivity contribution in [2.24, 2.45) is 0 Å². The van der Waals surface area contributed by atoms with E-state index >= 15 is 0 Å². The number of hydrogen-bond donors (Lipinski definition) is 1. The van der Waals surface area contributed by atoms with E-state index in [-0.39, 0.29) is 17.8 Å². The molecule has 0 bridgehead atoms. The molecule has 146 valence electrons. The van der Waals surface area contributed by atoms with E-state index in [1.807, 2.05) is 11.0 Å². The van der Waals surface area contributed by atoms with Crippen LogP contribution in [0.1, 0.15) is 0 Å². The molecule has 2 saturated heterocycles. The molecular formula is C16H22N6O5. The van der Waals surface area contributed by atoms with Gasteiger partial charge in [0.1, 0.15) is 5.69 Å². The summed E-state index contributed by atoms with van der Waals surface area (Å²) < 4.78 is 10.3. The number of aliphatic hydroxyl groups excluding tert-OH is 1. The first kappa shape index (κ1) is 17.9. The van der Waals surface area contributed by atoms with Gasteiger partial charge in [0.15, 0.2) is 5.52 Å². The Hall–Kier alpha value is -2.50. The van der Waals surface area contributed by atoms with Crippen LogP contribution in [-0.2, 0) is 4.74 Å². The number of rotatable bonds is 5. The monoisotopic (exact) mass is 378 g/mol. The first-order valence-corrected chi connectivity index (χ1v) is 9.03. The molecule has 0 atom stereocenters. The highest BCUT2D eigenvalue weighted by Gasteiger charge is 2.31. The van der Waals surface area contributed by atoms with Gasteiger partial charge in [-0.05, 0) is 16.4 Å². The highest BCUT2D eigenvalue weighted by atomic mass is 16.6. The number of nitrogens with zero attached hydrogens (tertiary/aromatic N) is 6. The minimum absolute atomic E-state index is 0.0733. The van der Waals surface area contributed by atoms with Gasteiger partial charge >= 0.3 is 5.69 Å². The van der Waals surface area contributed by atoms with Crippen LogP contribution in [0.15, 0.2) is 10.7 Å². The second-order valence-electron chi connectivity index (χ2n) is 6.63. The number of aromatic nitrogens is 2. The molecular weight excluding hydrogens is 356 g/mol. The van der Waals surface area contributed by atoms with E-state index < -0.39 is 4.92 Å². The Labute approximate surface area is 155 Å². The molecule has 2 fully saturated rings. The van der Waals surface area contributed by atoms with Gasteiger partial charge in [0, 0.05) is 45.8 Å². The molecule has 1 N–H and O–H groups in total. The van der Waals surface area contributed by atoms with Crippen LogP contribution in [0.2, 0.25) is 0 Å².